The minimum atomic E-state index is -0.188. The van der Waals surface area contributed by atoms with E-state index in [2.05, 4.69) is 26.2 Å². The number of piperazine rings is 1. The van der Waals surface area contributed by atoms with Gasteiger partial charge in [-0.15, -0.1) is 0 Å². The molecule has 0 bridgehead atoms. The van der Waals surface area contributed by atoms with Crippen LogP contribution in [0.4, 0.5) is 0 Å². The van der Waals surface area contributed by atoms with Gasteiger partial charge in [0.2, 0.25) is 11.8 Å². The molecular weight excluding hydrogens is 426 g/mol. The molecule has 1 aromatic heterocycles. The highest BCUT2D eigenvalue weighted by atomic mass is 32.1. The minimum absolute atomic E-state index is 0.0273. The van der Waals surface area contributed by atoms with Gasteiger partial charge in [0.15, 0.2) is 5.11 Å². The van der Waals surface area contributed by atoms with Crippen molar-refractivity contribution < 1.29 is 14.0 Å². The van der Waals surface area contributed by atoms with Gasteiger partial charge in [-0.3, -0.25) is 14.5 Å². The molecule has 32 heavy (non-hydrogen) atoms. The Morgan fingerprint density at radius 3 is 2.78 bits per heavy atom. The normalized spacial score (nSPS) is 22.6. The standard InChI is InChI=1S/C23H29N5O3S/c29-21(24-12-16-5-2-1-3-6-16)9-8-18-13-25-22(30)20-11-17(15-28(18)20)27-23(32)26-14-19-7-4-10-31-19/h1-7,10,17-18,20H,8-9,11-15H2,(H,24,29)(H,25,30)(H2,26,27,32). The lowest BCUT2D eigenvalue weighted by Crippen LogP contribution is -2.58. The zero-order valence-corrected chi connectivity index (χ0v) is 18.7. The van der Waals surface area contributed by atoms with Gasteiger partial charge in [-0.1, -0.05) is 30.3 Å². The molecule has 4 N–H and O–H groups in total. The van der Waals surface area contributed by atoms with E-state index in [1.807, 2.05) is 42.5 Å². The Labute approximate surface area is 193 Å². The van der Waals surface area contributed by atoms with Crippen LogP contribution in [-0.2, 0) is 22.7 Å². The van der Waals surface area contributed by atoms with Crippen LogP contribution in [0.5, 0.6) is 0 Å². The first kappa shape index (κ1) is 22.3. The minimum Gasteiger partial charge on any atom is -0.467 e. The molecule has 2 aliphatic rings. The third kappa shape index (κ3) is 5.86. The average molecular weight is 456 g/mol. The van der Waals surface area contributed by atoms with Crippen LogP contribution in [0, 0.1) is 0 Å². The molecule has 4 rings (SSSR count). The number of carbonyl (C=O) groups excluding carboxylic acids is 2. The fraction of sp³-hybridized carbons (Fsp3) is 0.435. The van der Waals surface area contributed by atoms with Crippen molar-refractivity contribution in [1.82, 2.24) is 26.2 Å². The SMILES string of the molecule is O=C(CCC1CNC(=O)C2CC(NC(=S)NCc3ccco3)CN12)NCc1ccccc1. The van der Waals surface area contributed by atoms with Crippen molar-refractivity contribution in [2.24, 2.45) is 0 Å². The highest BCUT2D eigenvalue weighted by Gasteiger charge is 2.43. The zero-order valence-electron chi connectivity index (χ0n) is 17.9. The Kier molecular flexibility index (Phi) is 7.39. The summed E-state index contributed by atoms with van der Waals surface area (Å²) in [7, 11) is 0. The molecule has 2 aliphatic heterocycles. The first-order valence-corrected chi connectivity index (χ1v) is 11.4. The summed E-state index contributed by atoms with van der Waals surface area (Å²) in [5.74, 6) is 0.885. The van der Waals surface area contributed by atoms with Crippen molar-refractivity contribution in [1.29, 1.82) is 0 Å². The van der Waals surface area contributed by atoms with Crippen molar-refractivity contribution >= 4 is 29.1 Å². The van der Waals surface area contributed by atoms with Crippen molar-refractivity contribution in [3.63, 3.8) is 0 Å². The fourth-order valence-electron chi connectivity index (χ4n) is 4.35. The highest BCUT2D eigenvalue weighted by Crippen LogP contribution is 2.25. The lowest BCUT2D eigenvalue weighted by molar-refractivity contribution is -0.129. The van der Waals surface area contributed by atoms with Crippen molar-refractivity contribution in [3.8, 4) is 0 Å². The number of fused-ring (bicyclic) bond motifs is 1. The number of nitrogens with one attached hydrogen (secondary N) is 4. The second-order valence-corrected chi connectivity index (χ2v) is 8.66. The van der Waals surface area contributed by atoms with Crippen LogP contribution in [0.2, 0.25) is 0 Å². The van der Waals surface area contributed by atoms with Crippen molar-refractivity contribution in [3.05, 3.63) is 60.1 Å². The molecule has 8 nitrogen and oxygen atoms in total. The van der Waals surface area contributed by atoms with E-state index in [0.29, 0.717) is 44.0 Å². The predicted molar refractivity (Wildman–Crippen MR) is 125 cm³/mol. The summed E-state index contributed by atoms with van der Waals surface area (Å²) < 4.78 is 5.30. The predicted octanol–water partition coefficient (Wildman–Crippen LogP) is 1.28. The van der Waals surface area contributed by atoms with E-state index >= 15 is 0 Å². The van der Waals surface area contributed by atoms with E-state index in [1.54, 1.807) is 6.26 Å². The Morgan fingerprint density at radius 2 is 2.00 bits per heavy atom. The molecule has 1 aromatic carbocycles. The van der Waals surface area contributed by atoms with Crippen molar-refractivity contribution in [2.75, 3.05) is 13.1 Å². The lowest BCUT2D eigenvalue weighted by Gasteiger charge is -2.37. The van der Waals surface area contributed by atoms with Crippen LogP contribution in [0.1, 0.15) is 30.6 Å². The number of hydrogen-bond donors (Lipinski definition) is 4. The number of nitrogens with zero attached hydrogens (tertiary/aromatic N) is 1. The summed E-state index contributed by atoms with van der Waals surface area (Å²) >= 11 is 5.41. The van der Waals surface area contributed by atoms with Gasteiger partial charge in [0.1, 0.15) is 5.76 Å². The van der Waals surface area contributed by atoms with Crippen LogP contribution in [0.15, 0.2) is 53.1 Å². The summed E-state index contributed by atoms with van der Waals surface area (Å²) in [6, 6.07) is 13.6. The van der Waals surface area contributed by atoms with Crippen LogP contribution < -0.4 is 21.3 Å². The first-order valence-electron chi connectivity index (χ1n) is 11.0. The number of furan rings is 1. The molecule has 0 spiro atoms. The molecule has 170 valence electrons. The maximum atomic E-state index is 12.4. The lowest BCUT2D eigenvalue weighted by atomic mass is 10.0. The van der Waals surface area contributed by atoms with E-state index in [9.17, 15) is 9.59 Å². The van der Waals surface area contributed by atoms with Gasteiger partial charge in [0.05, 0.1) is 18.8 Å². The molecule has 2 amide bonds. The quantitative estimate of drug-likeness (QED) is 0.445. The Bertz CT molecular complexity index is 921. The molecule has 2 aromatic rings. The summed E-state index contributed by atoms with van der Waals surface area (Å²) in [6.07, 6.45) is 3.44. The molecular formula is C23H29N5O3S. The molecule has 3 atom stereocenters. The topological polar surface area (TPSA) is 98.6 Å². The zero-order chi connectivity index (χ0) is 22.3. The molecule has 0 aliphatic carbocycles. The van der Waals surface area contributed by atoms with E-state index < -0.39 is 0 Å². The van der Waals surface area contributed by atoms with Crippen molar-refractivity contribution in [2.45, 2.75) is 50.5 Å². The van der Waals surface area contributed by atoms with E-state index in [1.165, 1.54) is 0 Å². The second kappa shape index (κ2) is 10.6. The van der Waals surface area contributed by atoms with Crippen LogP contribution >= 0.6 is 12.2 Å². The molecule has 2 saturated heterocycles. The molecule has 0 saturated carbocycles. The Balaban J connectivity index is 1.23. The van der Waals surface area contributed by atoms with Gasteiger partial charge < -0.3 is 25.7 Å². The Hall–Kier alpha value is -2.91. The number of carbonyl (C=O) groups is 2. The summed E-state index contributed by atoms with van der Waals surface area (Å²) in [6.45, 7) is 2.33. The third-order valence-electron chi connectivity index (χ3n) is 6.00. The van der Waals surface area contributed by atoms with E-state index in [-0.39, 0.29) is 29.9 Å². The van der Waals surface area contributed by atoms with Gasteiger partial charge in [-0.2, -0.15) is 0 Å². The number of amides is 2. The van der Waals surface area contributed by atoms with Gasteiger partial charge in [0.25, 0.3) is 0 Å². The maximum Gasteiger partial charge on any atom is 0.237 e. The molecule has 3 unspecified atom stereocenters. The summed E-state index contributed by atoms with van der Waals surface area (Å²) in [5.41, 5.74) is 1.08. The van der Waals surface area contributed by atoms with E-state index in [4.69, 9.17) is 16.6 Å². The molecule has 0 radical (unpaired) electrons. The van der Waals surface area contributed by atoms with E-state index in [0.717, 1.165) is 17.9 Å². The molecule has 3 heterocycles. The summed E-state index contributed by atoms with van der Waals surface area (Å²) in [4.78, 5) is 27.0. The number of benzene rings is 1. The van der Waals surface area contributed by atoms with Crippen LogP contribution in [0.25, 0.3) is 0 Å². The monoisotopic (exact) mass is 455 g/mol. The molecule has 9 heteroatoms. The van der Waals surface area contributed by atoms with Crippen LogP contribution in [-0.4, -0.2) is 53.0 Å². The highest BCUT2D eigenvalue weighted by molar-refractivity contribution is 7.80. The fourth-order valence-corrected chi connectivity index (χ4v) is 4.59. The molecule has 2 fully saturated rings. The smallest absolute Gasteiger partial charge is 0.237 e. The number of thiocarbonyl (C=S) groups is 1. The second-order valence-electron chi connectivity index (χ2n) is 8.25. The third-order valence-corrected chi connectivity index (χ3v) is 6.26. The maximum absolute atomic E-state index is 12.4. The van der Waals surface area contributed by atoms with Gasteiger partial charge in [-0.25, -0.2) is 0 Å². The van der Waals surface area contributed by atoms with Crippen LogP contribution in [0.3, 0.4) is 0 Å². The number of rotatable bonds is 8. The number of hydrogen-bond acceptors (Lipinski definition) is 5. The Morgan fingerprint density at radius 1 is 1.16 bits per heavy atom. The van der Waals surface area contributed by atoms with Gasteiger partial charge in [0, 0.05) is 38.1 Å². The average Bonchev–Trinajstić information content (AvgIpc) is 3.47. The largest absolute Gasteiger partial charge is 0.467 e. The summed E-state index contributed by atoms with van der Waals surface area (Å²) in [5, 5.41) is 13.0. The van der Waals surface area contributed by atoms with Gasteiger partial charge >= 0.3 is 0 Å². The van der Waals surface area contributed by atoms with Gasteiger partial charge in [-0.05, 0) is 42.8 Å². The first-order chi connectivity index (χ1) is 15.6.